The Bertz CT molecular complexity index is 319. The van der Waals surface area contributed by atoms with E-state index >= 15 is 0 Å². The van der Waals surface area contributed by atoms with Crippen LogP contribution in [0.5, 0.6) is 0 Å². The molecule has 0 spiro atoms. The van der Waals surface area contributed by atoms with Gasteiger partial charge < -0.3 is 11.1 Å². The van der Waals surface area contributed by atoms with E-state index in [0.717, 1.165) is 19.5 Å². The first-order chi connectivity index (χ1) is 6.84. The molecule has 0 aromatic carbocycles. The van der Waals surface area contributed by atoms with E-state index in [9.17, 15) is 0 Å². The molecule has 1 aliphatic rings. The SMILES string of the molecule is NC1C=C(Cc2ccncc2)CNC1. The van der Waals surface area contributed by atoms with Crippen LogP contribution < -0.4 is 11.1 Å². The predicted octanol–water partition coefficient (Wildman–Crippen LogP) is 0.481. The molecule has 2 rings (SSSR count). The number of pyridine rings is 1. The normalized spacial score (nSPS) is 21.8. The second-order valence-electron chi connectivity index (χ2n) is 3.65. The Morgan fingerprint density at radius 2 is 2.21 bits per heavy atom. The average Bonchev–Trinajstić information content (AvgIpc) is 2.19. The molecule has 3 heteroatoms. The van der Waals surface area contributed by atoms with Gasteiger partial charge in [-0.1, -0.05) is 11.6 Å². The van der Waals surface area contributed by atoms with Gasteiger partial charge >= 0.3 is 0 Å². The fourth-order valence-electron chi connectivity index (χ4n) is 1.70. The van der Waals surface area contributed by atoms with Crippen LogP contribution >= 0.6 is 0 Å². The molecular weight excluding hydrogens is 174 g/mol. The lowest BCUT2D eigenvalue weighted by molar-refractivity contribution is 0.627. The van der Waals surface area contributed by atoms with Gasteiger partial charge in [-0.05, 0) is 24.1 Å². The largest absolute Gasteiger partial charge is 0.323 e. The molecule has 1 aromatic heterocycles. The Morgan fingerprint density at radius 3 is 2.93 bits per heavy atom. The van der Waals surface area contributed by atoms with Crippen molar-refractivity contribution in [1.29, 1.82) is 0 Å². The first-order valence-corrected chi connectivity index (χ1v) is 4.89. The third-order valence-electron chi connectivity index (χ3n) is 2.36. The van der Waals surface area contributed by atoms with Crippen LogP contribution in [0.3, 0.4) is 0 Å². The average molecular weight is 189 g/mol. The van der Waals surface area contributed by atoms with E-state index in [1.54, 1.807) is 0 Å². The monoisotopic (exact) mass is 189 g/mol. The maximum Gasteiger partial charge on any atom is 0.0354 e. The first-order valence-electron chi connectivity index (χ1n) is 4.89. The molecular formula is C11H15N3. The van der Waals surface area contributed by atoms with Crippen LogP contribution in [-0.4, -0.2) is 24.1 Å². The number of hydrogen-bond acceptors (Lipinski definition) is 3. The number of nitrogens with one attached hydrogen (secondary N) is 1. The molecule has 0 saturated heterocycles. The molecule has 0 saturated carbocycles. The molecule has 3 N–H and O–H groups in total. The number of rotatable bonds is 2. The quantitative estimate of drug-likeness (QED) is 0.665. The highest BCUT2D eigenvalue weighted by Gasteiger charge is 2.08. The van der Waals surface area contributed by atoms with Crippen molar-refractivity contribution >= 4 is 0 Å². The minimum atomic E-state index is 0.167. The number of nitrogens with zero attached hydrogens (tertiary/aromatic N) is 1. The summed E-state index contributed by atoms with van der Waals surface area (Å²) in [6.07, 6.45) is 6.79. The molecule has 0 aliphatic carbocycles. The van der Waals surface area contributed by atoms with Crippen molar-refractivity contribution in [2.45, 2.75) is 12.5 Å². The van der Waals surface area contributed by atoms with E-state index in [4.69, 9.17) is 5.73 Å². The summed E-state index contributed by atoms with van der Waals surface area (Å²) in [5, 5.41) is 3.30. The number of aromatic nitrogens is 1. The second-order valence-corrected chi connectivity index (χ2v) is 3.65. The second kappa shape index (κ2) is 4.35. The highest BCUT2D eigenvalue weighted by Crippen LogP contribution is 2.09. The molecule has 3 nitrogen and oxygen atoms in total. The van der Waals surface area contributed by atoms with Crippen LogP contribution in [0.1, 0.15) is 5.56 Å². The van der Waals surface area contributed by atoms with E-state index in [0.29, 0.717) is 0 Å². The summed E-state index contributed by atoms with van der Waals surface area (Å²) < 4.78 is 0. The molecule has 0 bridgehead atoms. The molecule has 1 aliphatic heterocycles. The Balaban J connectivity index is 2.04. The van der Waals surface area contributed by atoms with E-state index in [1.165, 1.54) is 11.1 Å². The van der Waals surface area contributed by atoms with E-state index in [-0.39, 0.29) is 6.04 Å². The summed E-state index contributed by atoms with van der Waals surface area (Å²) in [5.74, 6) is 0. The Kier molecular flexibility index (Phi) is 2.91. The molecule has 1 unspecified atom stereocenters. The minimum absolute atomic E-state index is 0.167. The first kappa shape index (κ1) is 9.37. The van der Waals surface area contributed by atoms with E-state index < -0.39 is 0 Å². The van der Waals surface area contributed by atoms with Crippen molar-refractivity contribution in [1.82, 2.24) is 10.3 Å². The number of nitrogens with two attached hydrogens (primary N) is 1. The molecule has 0 fully saturated rings. The van der Waals surface area contributed by atoms with Crippen molar-refractivity contribution in [2.24, 2.45) is 5.73 Å². The van der Waals surface area contributed by atoms with Crippen molar-refractivity contribution in [3.8, 4) is 0 Å². The van der Waals surface area contributed by atoms with Crippen molar-refractivity contribution in [3.63, 3.8) is 0 Å². The zero-order chi connectivity index (χ0) is 9.80. The summed E-state index contributed by atoms with van der Waals surface area (Å²) >= 11 is 0. The fraction of sp³-hybridized carbons (Fsp3) is 0.364. The summed E-state index contributed by atoms with van der Waals surface area (Å²) in [7, 11) is 0. The smallest absolute Gasteiger partial charge is 0.0354 e. The van der Waals surface area contributed by atoms with Gasteiger partial charge in [0.25, 0.3) is 0 Å². The van der Waals surface area contributed by atoms with Crippen LogP contribution in [0.25, 0.3) is 0 Å². The molecule has 74 valence electrons. The van der Waals surface area contributed by atoms with Gasteiger partial charge in [0.1, 0.15) is 0 Å². The molecule has 0 amide bonds. The summed E-state index contributed by atoms with van der Waals surface area (Å²) in [6.45, 7) is 1.84. The van der Waals surface area contributed by atoms with Crippen molar-refractivity contribution in [3.05, 3.63) is 41.7 Å². The molecule has 14 heavy (non-hydrogen) atoms. The van der Waals surface area contributed by atoms with Crippen LogP contribution in [0.2, 0.25) is 0 Å². The molecule has 1 aromatic rings. The zero-order valence-corrected chi connectivity index (χ0v) is 8.11. The zero-order valence-electron chi connectivity index (χ0n) is 8.11. The Labute approximate surface area is 84.0 Å². The van der Waals surface area contributed by atoms with Crippen LogP contribution in [0.15, 0.2) is 36.2 Å². The summed E-state index contributed by atoms with van der Waals surface area (Å²) in [4.78, 5) is 3.99. The maximum atomic E-state index is 5.83. The van der Waals surface area contributed by atoms with Gasteiger partial charge in [-0.3, -0.25) is 4.98 Å². The van der Waals surface area contributed by atoms with E-state index in [1.807, 2.05) is 24.5 Å². The van der Waals surface area contributed by atoms with Gasteiger partial charge in [0.2, 0.25) is 0 Å². The lowest BCUT2D eigenvalue weighted by atomic mass is 10.0. The molecule has 2 heterocycles. The van der Waals surface area contributed by atoms with Crippen LogP contribution in [0.4, 0.5) is 0 Å². The topological polar surface area (TPSA) is 50.9 Å². The highest BCUT2D eigenvalue weighted by atomic mass is 14.9. The van der Waals surface area contributed by atoms with Gasteiger partial charge in [-0.2, -0.15) is 0 Å². The minimum Gasteiger partial charge on any atom is -0.323 e. The highest BCUT2D eigenvalue weighted by molar-refractivity contribution is 5.23. The third kappa shape index (κ3) is 2.40. The lowest BCUT2D eigenvalue weighted by Crippen LogP contribution is -2.38. The van der Waals surface area contributed by atoms with Gasteiger partial charge in [-0.15, -0.1) is 0 Å². The van der Waals surface area contributed by atoms with Crippen molar-refractivity contribution < 1.29 is 0 Å². The van der Waals surface area contributed by atoms with Crippen LogP contribution in [-0.2, 0) is 6.42 Å². The summed E-state index contributed by atoms with van der Waals surface area (Å²) in [6, 6.07) is 4.25. The van der Waals surface area contributed by atoms with E-state index in [2.05, 4.69) is 16.4 Å². The standard InChI is InChI=1S/C11H15N3/c12-11-6-10(7-14-8-11)5-9-1-3-13-4-2-9/h1-4,6,11,14H,5,7-8,12H2. The van der Waals surface area contributed by atoms with Gasteiger partial charge in [-0.25, -0.2) is 0 Å². The van der Waals surface area contributed by atoms with Gasteiger partial charge in [0.05, 0.1) is 0 Å². The Morgan fingerprint density at radius 1 is 1.43 bits per heavy atom. The van der Waals surface area contributed by atoms with Gasteiger partial charge in [0.15, 0.2) is 0 Å². The Hall–Kier alpha value is -1.19. The lowest BCUT2D eigenvalue weighted by Gasteiger charge is -2.19. The predicted molar refractivity (Wildman–Crippen MR) is 56.9 cm³/mol. The summed E-state index contributed by atoms with van der Waals surface area (Å²) in [5.41, 5.74) is 8.49. The van der Waals surface area contributed by atoms with Crippen molar-refractivity contribution in [2.75, 3.05) is 13.1 Å². The van der Waals surface area contributed by atoms with Gasteiger partial charge in [0, 0.05) is 31.5 Å². The fourth-order valence-corrected chi connectivity index (χ4v) is 1.70. The molecule has 0 radical (unpaired) electrons. The number of hydrogen-bond donors (Lipinski definition) is 2. The third-order valence-corrected chi connectivity index (χ3v) is 2.36. The maximum absolute atomic E-state index is 5.83. The van der Waals surface area contributed by atoms with Crippen LogP contribution in [0, 0.1) is 0 Å². The molecule has 1 atom stereocenters.